The summed E-state index contributed by atoms with van der Waals surface area (Å²) < 4.78 is 43.0. The number of hydrogen-bond acceptors (Lipinski definition) is 6. The molecule has 1 aliphatic rings. The average molecular weight is 433 g/mol. The van der Waals surface area contributed by atoms with Crippen LogP contribution in [0.2, 0.25) is 0 Å². The van der Waals surface area contributed by atoms with Gasteiger partial charge in [0.15, 0.2) is 23.1 Å². The Morgan fingerprint density at radius 2 is 1.90 bits per heavy atom. The Morgan fingerprint density at radius 3 is 2.52 bits per heavy atom. The number of hydrogen-bond donors (Lipinski definition) is 4. The van der Waals surface area contributed by atoms with Crippen LogP contribution in [-0.2, 0) is 0 Å². The van der Waals surface area contributed by atoms with Crippen LogP contribution >= 0.6 is 0 Å². The number of benzene rings is 2. The lowest BCUT2D eigenvalue weighted by Gasteiger charge is -2.20. The molecular weight excluding hydrogens is 415 g/mol. The Kier molecular flexibility index (Phi) is 5.51. The molecule has 8 nitrogen and oxygen atoms in total. The van der Waals surface area contributed by atoms with Crippen molar-refractivity contribution in [2.75, 3.05) is 17.2 Å². The molecule has 1 unspecified atom stereocenters. The molecule has 0 aliphatic heterocycles. The number of halogens is 3. The Hall–Kier alpha value is -3.60. The van der Waals surface area contributed by atoms with Crippen LogP contribution in [0.15, 0.2) is 36.4 Å². The molecule has 1 aromatic heterocycles. The summed E-state index contributed by atoms with van der Waals surface area (Å²) in [6, 6.07) is 6.22. The van der Waals surface area contributed by atoms with Gasteiger partial charge in [0.1, 0.15) is 11.5 Å². The van der Waals surface area contributed by atoms with E-state index in [1.54, 1.807) is 6.07 Å². The topological polar surface area (TPSA) is 116 Å². The van der Waals surface area contributed by atoms with Crippen molar-refractivity contribution in [1.82, 2.24) is 10.2 Å². The van der Waals surface area contributed by atoms with Gasteiger partial charge in [0, 0.05) is 17.7 Å². The van der Waals surface area contributed by atoms with Crippen molar-refractivity contribution in [2.45, 2.75) is 24.8 Å². The highest BCUT2D eigenvalue weighted by atomic mass is 19.1. The van der Waals surface area contributed by atoms with Crippen molar-refractivity contribution in [3.63, 3.8) is 0 Å². The molecule has 1 saturated carbocycles. The average Bonchev–Trinajstić information content (AvgIpc) is 3.49. The van der Waals surface area contributed by atoms with Crippen molar-refractivity contribution in [3.8, 4) is 0 Å². The van der Waals surface area contributed by atoms with Crippen LogP contribution in [-0.4, -0.2) is 26.8 Å². The van der Waals surface area contributed by atoms with E-state index in [0.29, 0.717) is 17.5 Å². The van der Waals surface area contributed by atoms with Crippen molar-refractivity contribution in [1.29, 1.82) is 0 Å². The van der Waals surface area contributed by atoms with Crippen molar-refractivity contribution >= 4 is 22.9 Å². The lowest BCUT2D eigenvalue weighted by Crippen LogP contribution is -2.17. The van der Waals surface area contributed by atoms with Crippen LogP contribution in [0.4, 0.5) is 36.1 Å². The molecule has 0 saturated heterocycles. The van der Waals surface area contributed by atoms with E-state index >= 15 is 4.39 Å². The van der Waals surface area contributed by atoms with Gasteiger partial charge in [0.2, 0.25) is 0 Å². The summed E-state index contributed by atoms with van der Waals surface area (Å²) in [6.45, 7) is -0.561. The van der Waals surface area contributed by atoms with Crippen molar-refractivity contribution in [3.05, 3.63) is 75.2 Å². The second kappa shape index (κ2) is 8.26. The fraction of sp³-hybridized carbons (Fsp3) is 0.250. The summed E-state index contributed by atoms with van der Waals surface area (Å²) in [5, 5.41) is 32.9. The van der Waals surface area contributed by atoms with Gasteiger partial charge < -0.3 is 15.7 Å². The summed E-state index contributed by atoms with van der Waals surface area (Å²) >= 11 is 0. The fourth-order valence-electron chi connectivity index (χ4n) is 3.24. The van der Waals surface area contributed by atoms with Gasteiger partial charge in [-0.3, -0.25) is 15.2 Å². The maximum absolute atomic E-state index is 15.2. The number of anilines is 3. The molecule has 1 aliphatic carbocycles. The SMILES string of the molecule is O=[N+]([O-])c1cc(F)c(NC(CO)c2ccc(F)cc2)c(F)c1Nc1cc(C2CC2)[nH]n1. The van der Waals surface area contributed by atoms with Gasteiger partial charge in [0.25, 0.3) is 5.69 Å². The first-order valence-electron chi connectivity index (χ1n) is 9.49. The van der Waals surface area contributed by atoms with Gasteiger partial charge in [0.05, 0.1) is 23.6 Å². The van der Waals surface area contributed by atoms with E-state index in [0.717, 1.165) is 30.7 Å². The molecule has 1 atom stereocenters. The summed E-state index contributed by atoms with van der Waals surface area (Å²) in [5.74, 6) is -2.49. The van der Waals surface area contributed by atoms with Crippen LogP contribution in [0.5, 0.6) is 0 Å². The number of aromatic nitrogens is 2. The zero-order valence-electron chi connectivity index (χ0n) is 16.0. The number of nitrogens with one attached hydrogen (secondary N) is 3. The van der Waals surface area contributed by atoms with E-state index < -0.39 is 52.1 Å². The lowest BCUT2D eigenvalue weighted by atomic mass is 10.1. The van der Waals surface area contributed by atoms with Crippen LogP contribution in [0.25, 0.3) is 0 Å². The maximum atomic E-state index is 15.2. The molecule has 0 radical (unpaired) electrons. The van der Waals surface area contributed by atoms with Gasteiger partial charge in [-0.15, -0.1) is 0 Å². The number of H-pyrrole nitrogens is 1. The third-order valence-corrected chi connectivity index (χ3v) is 5.04. The van der Waals surface area contributed by atoms with E-state index in [1.165, 1.54) is 12.1 Å². The molecule has 0 spiro atoms. The maximum Gasteiger partial charge on any atom is 0.298 e. The highest BCUT2D eigenvalue weighted by Crippen LogP contribution is 2.41. The minimum atomic E-state index is -1.25. The molecule has 0 bridgehead atoms. The second-order valence-corrected chi connectivity index (χ2v) is 7.24. The Morgan fingerprint density at radius 1 is 1.19 bits per heavy atom. The summed E-state index contributed by atoms with van der Waals surface area (Å²) in [7, 11) is 0. The molecule has 31 heavy (non-hydrogen) atoms. The molecule has 162 valence electrons. The third-order valence-electron chi connectivity index (χ3n) is 5.04. The molecule has 0 amide bonds. The second-order valence-electron chi connectivity index (χ2n) is 7.24. The first-order valence-corrected chi connectivity index (χ1v) is 9.49. The summed E-state index contributed by atoms with van der Waals surface area (Å²) in [5.41, 5.74) is -0.855. The highest BCUT2D eigenvalue weighted by Gasteiger charge is 2.29. The fourth-order valence-corrected chi connectivity index (χ4v) is 3.24. The molecule has 3 aromatic rings. The smallest absolute Gasteiger partial charge is 0.298 e. The predicted molar refractivity (Wildman–Crippen MR) is 107 cm³/mol. The highest BCUT2D eigenvalue weighted by molar-refractivity contribution is 5.74. The van der Waals surface area contributed by atoms with Gasteiger partial charge >= 0.3 is 0 Å². The third kappa shape index (κ3) is 4.31. The first-order chi connectivity index (χ1) is 14.9. The molecule has 4 rings (SSSR count). The minimum absolute atomic E-state index is 0.152. The van der Waals surface area contributed by atoms with Crippen molar-refractivity contribution < 1.29 is 23.2 Å². The van der Waals surface area contributed by atoms with Gasteiger partial charge in [-0.05, 0) is 30.5 Å². The minimum Gasteiger partial charge on any atom is -0.394 e. The van der Waals surface area contributed by atoms with Crippen LogP contribution in [0.1, 0.15) is 36.1 Å². The Bertz CT molecular complexity index is 1120. The molecule has 1 heterocycles. The Balaban J connectivity index is 1.69. The van der Waals surface area contributed by atoms with E-state index in [4.69, 9.17) is 0 Å². The monoisotopic (exact) mass is 433 g/mol. The van der Waals surface area contributed by atoms with Gasteiger partial charge in [-0.25, -0.2) is 13.2 Å². The van der Waals surface area contributed by atoms with Crippen LogP contribution in [0.3, 0.4) is 0 Å². The van der Waals surface area contributed by atoms with E-state index in [-0.39, 0.29) is 5.82 Å². The molecular formula is C20H18F3N5O3. The van der Waals surface area contributed by atoms with E-state index in [1.807, 2.05) is 0 Å². The molecule has 1 fully saturated rings. The Labute approximate surface area is 174 Å². The van der Waals surface area contributed by atoms with E-state index in [9.17, 15) is 24.0 Å². The summed E-state index contributed by atoms with van der Waals surface area (Å²) in [6.07, 6.45) is 1.99. The summed E-state index contributed by atoms with van der Waals surface area (Å²) in [4.78, 5) is 10.5. The molecule has 11 heteroatoms. The normalized spacial score (nSPS) is 14.3. The predicted octanol–water partition coefficient (Wildman–Crippen LogP) is 4.50. The van der Waals surface area contributed by atoms with Crippen LogP contribution < -0.4 is 10.6 Å². The zero-order chi connectivity index (χ0) is 22.1. The molecule has 2 aromatic carbocycles. The van der Waals surface area contributed by atoms with Crippen LogP contribution in [0, 0.1) is 27.6 Å². The number of nitrogens with zero attached hydrogens (tertiary/aromatic N) is 2. The van der Waals surface area contributed by atoms with Crippen molar-refractivity contribution in [2.24, 2.45) is 0 Å². The largest absolute Gasteiger partial charge is 0.394 e. The van der Waals surface area contributed by atoms with Gasteiger partial charge in [-0.2, -0.15) is 5.10 Å². The number of rotatable bonds is 8. The van der Waals surface area contributed by atoms with E-state index in [2.05, 4.69) is 20.8 Å². The number of aliphatic hydroxyl groups excluding tert-OH is 1. The number of aromatic amines is 1. The first kappa shape index (κ1) is 20.7. The molecule has 4 N–H and O–H groups in total. The number of nitro benzene ring substituents is 1. The number of nitro groups is 1. The lowest BCUT2D eigenvalue weighted by molar-refractivity contribution is -0.384. The zero-order valence-corrected chi connectivity index (χ0v) is 16.0. The standard InChI is InChI=1S/C20H18F3N5O3/c21-12-5-3-11(4-6-12)15(9-29)24-19-13(22)7-16(28(30)31)20(18(19)23)25-17-8-14(26-27-17)10-1-2-10/h3-8,10,15,24,29H,1-2,9H2,(H2,25,26,27). The van der Waals surface area contributed by atoms with Gasteiger partial charge in [-0.1, -0.05) is 12.1 Å². The number of aliphatic hydroxyl groups is 1. The quantitative estimate of drug-likeness (QED) is 0.307.